The van der Waals surface area contributed by atoms with Crippen LogP contribution in [-0.2, 0) is 12.8 Å². The van der Waals surface area contributed by atoms with Crippen molar-refractivity contribution in [3.05, 3.63) is 57.8 Å². The zero-order chi connectivity index (χ0) is 15.2. The summed E-state index contributed by atoms with van der Waals surface area (Å²) in [7, 11) is 1.66. The van der Waals surface area contributed by atoms with Gasteiger partial charge < -0.3 is 4.74 Å². The maximum Gasteiger partial charge on any atom is 0.133 e. The minimum atomic E-state index is -0.0126. The Balaban J connectivity index is 2.25. The molecule has 0 amide bonds. The van der Waals surface area contributed by atoms with E-state index >= 15 is 0 Å². The van der Waals surface area contributed by atoms with Crippen LogP contribution in [0, 0.1) is 0 Å². The molecule has 0 aliphatic heterocycles. The van der Waals surface area contributed by atoms with Crippen molar-refractivity contribution in [3.63, 3.8) is 0 Å². The summed E-state index contributed by atoms with van der Waals surface area (Å²) in [5, 5.41) is 0. The number of pyridine rings is 1. The molecule has 0 radical (unpaired) electrons. The SMILES string of the molecule is CCc1cccnc1C(Cc1ccc(OC)c(Br)c1)NN. The predicted octanol–water partition coefficient (Wildman–Crippen LogP) is 3.16. The van der Waals surface area contributed by atoms with Crippen molar-refractivity contribution in [2.24, 2.45) is 5.84 Å². The van der Waals surface area contributed by atoms with Crippen molar-refractivity contribution in [1.29, 1.82) is 0 Å². The molecule has 3 N–H and O–H groups in total. The third-order valence-electron chi connectivity index (χ3n) is 3.49. The van der Waals surface area contributed by atoms with Crippen molar-refractivity contribution in [2.75, 3.05) is 7.11 Å². The largest absolute Gasteiger partial charge is 0.496 e. The number of benzene rings is 1. The molecule has 0 fully saturated rings. The number of nitrogens with two attached hydrogens (primary N) is 1. The minimum absolute atomic E-state index is 0.0126. The normalized spacial score (nSPS) is 12.2. The fraction of sp³-hybridized carbons (Fsp3) is 0.312. The van der Waals surface area contributed by atoms with Gasteiger partial charge in [0.15, 0.2) is 0 Å². The zero-order valence-corrected chi connectivity index (χ0v) is 13.9. The highest BCUT2D eigenvalue weighted by Gasteiger charge is 2.16. The molecule has 4 nitrogen and oxygen atoms in total. The Bertz CT molecular complexity index is 604. The molecule has 1 unspecified atom stereocenters. The first-order chi connectivity index (χ1) is 10.2. The first-order valence-corrected chi connectivity index (χ1v) is 7.71. The van der Waals surface area contributed by atoms with Gasteiger partial charge in [-0.25, -0.2) is 0 Å². The Morgan fingerprint density at radius 1 is 1.38 bits per heavy atom. The standard InChI is InChI=1S/C16H20BrN3O/c1-3-12-5-4-8-19-16(12)14(20-18)10-11-6-7-15(21-2)13(17)9-11/h4-9,14,20H,3,10,18H2,1-2H3. The highest BCUT2D eigenvalue weighted by Crippen LogP contribution is 2.28. The Morgan fingerprint density at radius 3 is 2.81 bits per heavy atom. The van der Waals surface area contributed by atoms with E-state index in [1.54, 1.807) is 7.11 Å². The van der Waals surface area contributed by atoms with Crippen LogP contribution >= 0.6 is 15.9 Å². The van der Waals surface area contributed by atoms with Gasteiger partial charge in [0, 0.05) is 6.20 Å². The van der Waals surface area contributed by atoms with Crippen LogP contribution in [0.4, 0.5) is 0 Å². The molecule has 0 aliphatic rings. The Morgan fingerprint density at radius 2 is 2.19 bits per heavy atom. The average Bonchev–Trinajstić information content (AvgIpc) is 2.52. The third kappa shape index (κ3) is 3.81. The minimum Gasteiger partial charge on any atom is -0.496 e. The summed E-state index contributed by atoms with van der Waals surface area (Å²) in [5.41, 5.74) is 6.27. The van der Waals surface area contributed by atoms with E-state index in [1.165, 1.54) is 11.1 Å². The smallest absolute Gasteiger partial charge is 0.133 e. The fourth-order valence-corrected chi connectivity index (χ4v) is 2.96. The van der Waals surface area contributed by atoms with E-state index in [-0.39, 0.29) is 6.04 Å². The number of aromatic nitrogens is 1. The van der Waals surface area contributed by atoms with Crippen LogP contribution in [0.25, 0.3) is 0 Å². The van der Waals surface area contributed by atoms with E-state index in [0.717, 1.165) is 28.8 Å². The van der Waals surface area contributed by atoms with Gasteiger partial charge in [0.25, 0.3) is 0 Å². The molecule has 2 aromatic rings. The lowest BCUT2D eigenvalue weighted by Gasteiger charge is -2.18. The lowest BCUT2D eigenvalue weighted by molar-refractivity contribution is 0.412. The van der Waals surface area contributed by atoms with E-state index in [2.05, 4.69) is 45.4 Å². The molecule has 21 heavy (non-hydrogen) atoms. The molecule has 1 heterocycles. The number of hydrogen-bond acceptors (Lipinski definition) is 4. The van der Waals surface area contributed by atoms with E-state index in [4.69, 9.17) is 10.6 Å². The second-order valence-corrected chi connectivity index (χ2v) is 5.65. The molecule has 0 spiro atoms. The number of hydrazine groups is 1. The first kappa shape index (κ1) is 15.9. The van der Waals surface area contributed by atoms with Gasteiger partial charge in [-0.3, -0.25) is 16.3 Å². The van der Waals surface area contributed by atoms with Crippen LogP contribution in [0.15, 0.2) is 41.0 Å². The number of nitrogens with zero attached hydrogens (tertiary/aromatic N) is 1. The average molecular weight is 350 g/mol. The van der Waals surface area contributed by atoms with E-state index < -0.39 is 0 Å². The van der Waals surface area contributed by atoms with Gasteiger partial charge in [0.1, 0.15) is 5.75 Å². The van der Waals surface area contributed by atoms with Crippen LogP contribution in [0.1, 0.15) is 29.8 Å². The molecule has 1 aromatic heterocycles. The maximum absolute atomic E-state index is 5.74. The fourth-order valence-electron chi connectivity index (χ4n) is 2.37. The number of ether oxygens (including phenoxy) is 1. The molecular formula is C16H20BrN3O. The summed E-state index contributed by atoms with van der Waals surface area (Å²) in [4.78, 5) is 4.49. The topological polar surface area (TPSA) is 60.2 Å². The van der Waals surface area contributed by atoms with Crippen molar-refractivity contribution in [1.82, 2.24) is 10.4 Å². The summed E-state index contributed by atoms with van der Waals surface area (Å²) < 4.78 is 6.19. The maximum atomic E-state index is 5.74. The summed E-state index contributed by atoms with van der Waals surface area (Å²) >= 11 is 3.51. The lowest BCUT2D eigenvalue weighted by Crippen LogP contribution is -2.31. The van der Waals surface area contributed by atoms with Crippen molar-refractivity contribution < 1.29 is 4.74 Å². The Labute approximate surface area is 133 Å². The van der Waals surface area contributed by atoms with Gasteiger partial charge in [-0.05, 0) is 58.1 Å². The zero-order valence-electron chi connectivity index (χ0n) is 12.3. The number of hydrogen-bond donors (Lipinski definition) is 2. The molecule has 1 atom stereocenters. The predicted molar refractivity (Wildman–Crippen MR) is 88.1 cm³/mol. The summed E-state index contributed by atoms with van der Waals surface area (Å²) in [6.45, 7) is 2.12. The van der Waals surface area contributed by atoms with Crippen molar-refractivity contribution in [2.45, 2.75) is 25.8 Å². The molecule has 2 rings (SSSR count). The molecule has 0 aliphatic carbocycles. The van der Waals surface area contributed by atoms with Crippen molar-refractivity contribution >= 4 is 15.9 Å². The van der Waals surface area contributed by atoms with Gasteiger partial charge >= 0.3 is 0 Å². The van der Waals surface area contributed by atoms with Gasteiger partial charge in [-0.1, -0.05) is 19.1 Å². The highest BCUT2D eigenvalue weighted by atomic mass is 79.9. The van der Waals surface area contributed by atoms with Crippen LogP contribution in [0.2, 0.25) is 0 Å². The highest BCUT2D eigenvalue weighted by molar-refractivity contribution is 9.10. The lowest BCUT2D eigenvalue weighted by atomic mass is 9.99. The molecule has 0 saturated carbocycles. The molecule has 112 valence electrons. The molecular weight excluding hydrogens is 330 g/mol. The summed E-state index contributed by atoms with van der Waals surface area (Å²) in [6, 6.07) is 10.1. The summed E-state index contributed by atoms with van der Waals surface area (Å²) in [6.07, 6.45) is 3.51. The van der Waals surface area contributed by atoms with Crippen molar-refractivity contribution in [3.8, 4) is 5.75 Å². The van der Waals surface area contributed by atoms with Gasteiger partial charge in [0.05, 0.1) is 23.3 Å². The number of rotatable bonds is 6. The molecule has 0 bridgehead atoms. The number of halogens is 1. The van der Waals surface area contributed by atoms with E-state index in [0.29, 0.717) is 0 Å². The first-order valence-electron chi connectivity index (χ1n) is 6.92. The van der Waals surface area contributed by atoms with Crippen LogP contribution in [0.5, 0.6) is 5.75 Å². The second kappa shape index (κ2) is 7.54. The Kier molecular flexibility index (Phi) is 5.73. The Hall–Kier alpha value is -1.43. The molecule has 1 aromatic carbocycles. The van der Waals surface area contributed by atoms with Crippen LogP contribution in [-0.4, -0.2) is 12.1 Å². The quantitative estimate of drug-likeness (QED) is 0.621. The molecule has 0 saturated heterocycles. The summed E-state index contributed by atoms with van der Waals surface area (Å²) in [5.74, 6) is 6.57. The van der Waals surface area contributed by atoms with Crippen LogP contribution in [0.3, 0.4) is 0 Å². The number of nitrogens with one attached hydrogen (secondary N) is 1. The van der Waals surface area contributed by atoms with Gasteiger partial charge in [-0.15, -0.1) is 0 Å². The van der Waals surface area contributed by atoms with Crippen LogP contribution < -0.4 is 16.0 Å². The monoisotopic (exact) mass is 349 g/mol. The van der Waals surface area contributed by atoms with Gasteiger partial charge in [0.2, 0.25) is 0 Å². The van der Waals surface area contributed by atoms with Gasteiger partial charge in [-0.2, -0.15) is 0 Å². The number of methoxy groups -OCH3 is 1. The molecule has 5 heteroatoms. The van der Waals surface area contributed by atoms with E-state index in [1.807, 2.05) is 24.4 Å². The third-order valence-corrected chi connectivity index (χ3v) is 4.11. The number of aryl methyl sites for hydroxylation is 1. The second-order valence-electron chi connectivity index (χ2n) is 4.79. The van der Waals surface area contributed by atoms with E-state index in [9.17, 15) is 0 Å².